The first-order chi connectivity index (χ1) is 15.7. The Labute approximate surface area is 197 Å². The van der Waals surface area contributed by atoms with Crippen molar-refractivity contribution in [1.29, 1.82) is 0 Å². The van der Waals surface area contributed by atoms with E-state index in [9.17, 15) is 4.79 Å². The van der Waals surface area contributed by atoms with Gasteiger partial charge in [-0.05, 0) is 44.9 Å². The SMILES string of the molecule is CCCCNC(=O)Oc1cc(-c2csc(C3CCCCC3)n2)n(CC2CCCCC2)c1C. The maximum Gasteiger partial charge on any atom is 0.412 e. The third-order valence-corrected chi connectivity index (χ3v) is 8.23. The molecule has 0 spiro atoms. The smallest absolute Gasteiger partial charge is 0.408 e. The van der Waals surface area contributed by atoms with Gasteiger partial charge in [0.25, 0.3) is 0 Å². The summed E-state index contributed by atoms with van der Waals surface area (Å²) in [6.07, 6.45) is 14.8. The normalized spacial score (nSPS) is 18.1. The van der Waals surface area contributed by atoms with Gasteiger partial charge >= 0.3 is 6.09 Å². The molecule has 2 aliphatic rings. The fourth-order valence-electron chi connectivity index (χ4n) is 5.24. The number of nitrogens with zero attached hydrogens (tertiary/aromatic N) is 2. The fourth-order valence-corrected chi connectivity index (χ4v) is 6.23. The summed E-state index contributed by atoms with van der Waals surface area (Å²) >= 11 is 1.80. The largest absolute Gasteiger partial charge is 0.412 e. The molecule has 32 heavy (non-hydrogen) atoms. The quantitative estimate of drug-likeness (QED) is 0.419. The van der Waals surface area contributed by atoms with E-state index in [1.807, 2.05) is 6.07 Å². The second-order valence-corrected chi connectivity index (χ2v) is 10.6. The number of ether oxygens (including phenoxy) is 1. The van der Waals surface area contributed by atoms with E-state index < -0.39 is 0 Å². The van der Waals surface area contributed by atoms with E-state index in [0.717, 1.165) is 36.5 Å². The third kappa shape index (κ3) is 5.75. The molecule has 2 aromatic rings. The molecule has 0 aliphatic heterocycles. The standard InChI is InChI=1S/C26H39N3O2S/c1-3-4-15-27-26(30)31-24-16-23(29(19(24)2)17-20-11-7-5-8-12-20)22-18-32-25(28-22)21-13-9-6-10-14-21/h16,18,20-21H,3-15,17H2,1-2H3,(H,27,30). The van der Waals surface area contributed by atoms with Gasteiger partial charge in [0.15, 0.2) is 5.75 Å². The lowest BCUT2D eigenvalue weighted by Crippen LogP contribution is -2.27. The second kappa shape index (κ2) is 11.4. The first-order valence-corrected chi connectivity index (χ1v) is 13.6. The second-order valence-electron chi connectivity index (χ2n) is 9.67. The Morgan fingerprint density at radius 2 is 1.88 bits per heavy atom. The monoisotopic (exact) mass is 457 g/mol. The summed E-state index contributed by atoms with van der Waals surface area (Å²) in [6, 6.07) is 2.04. The molecular weight excluding hydrogens is 418 g/mol. The van der Waals surface area contributed by atoms with E-state index >= 15 is 0 Å². The van der Waals surface area contributed by atoms with Crippen LogP contribution in [0.2, 0.25) is 0 Å². The Hall–Kier alpha value is -1.82. The number of aromatic nitrogens is 2. The van der Waals surface area contributed by atoms with Crippen LogP contribution < -0.4 is 10.1 Å². The summed E-state index contributed by atoms with van der Waals surface area (Å²) < 4.78 is 8.12. The first kappa shape index (κ1) is 23.3. The number of amides is 1. The minimum absolute atomic E-state index is 0.357. The van der Waals surface area contributed by atoms with E-state index in [-0.39, 0.29) is 6.09 Å². The summed E-state index contributed by atoms with van der Waals surface area (Å²) in [4.78, 5) is 17.4. The van der Waals surface area contributed by atoms with Crippen LogP contribution in [-0.4, -0.2) is 22.2 Å². The lowest BCUT2D eigenvalue weighted by atomic mass is 9.89. The number of carbonyl (C=O) groups is 1. The van der Waals surface area contributed by atoms with E-state index in [1.165, 1.54) is 69.2 Å². The zero-order valence-electron chi connectivity index (χ0n) is 19.8. The van der Waals surface area contributed by atoms with Gasteiger partial charge in [-0.2, -0.15) is 0 Å². The lowest BCUT2D eigenvalue weighted by molar-refractivity contribution is 0.200. The molecule has 2 fully saturated rings. The molecule has 0 saturated heterocycles. The predicted octanol–water partition coefficient (Wildman–Crippen LogP) is 7.44. The van der Waals surface area contributed by atoms with E-state index in [0.29, 0.717) is 24.1 Å². The molecule has 2 aromatic heterocycles. The van der Waals surface area contributed by atoms with Crippen LogP contribution in [0.1, 0.15) is 101 Å². The van der Waals surface area contributed by atoms with Crippen LogP contribution in [0.15, 0.2) is 11.4 Å². The van der Waals surface area contributed by atoms with Crippen molar-refractivity contribution >= 4 is 17.4 Å². The molecule has 0 radical (unpaired) electrons. The number of nitrogens with one attached hydrogen (secondary N) is 1. The maximum absolute atomic E-state index is 12.3. The Bertz CT molecular complexity index is 876. The average Bonchev–Trinajstić information content (AvgIpc) is 3.42. The number of hydrogen-bond donors (Lipinski definition) is 1. The molecule has 0 aromatic carbocycles. The van der Waals surface area contributed by atoms with Crippen molar-refractivity contribution in [1.82, 2.24) is 14.9 Å². The van der Waals surface area contributed by atoms with Crippen molar-refractivity contribution in [2.75, 3.05) is 6.54 Å². The van der Waals surface area contributed by atoms with Gasteiger partial charge in [-0.1, -0.05) is 51.9 Å². The van der Waals surface area contributed by atoms with Crippen LogP contribution in [-0.2, 0) is 6.54 Å². The zero-order valence-corrected chi connectivity index (χ0v) is 20.6. The van der Waals surface area contributed by atoms with Crippen molar-refractivity contribution in [2.45, 2.75) is 103 Å². The molecule has 176 valence electrons. The van der Waals surface area contributed by atoms with Gasteiger partial charge in [0.05, 0.1) is 22.1 Å². The fraction of sp³-hybridized carbons (Fsp3) is 0.692. The van der Waals surface area contributed by atoms with Gasteiger partial charge in [-0.3, -0.25) is 0 Å². The van der Waals surface area contributed by atoms with Gasteiger partial charge in [-0.25, -0.2) is 9.78 Å². The van der Waals surface area contributed by atoms with Gasteiger partial charge in [0.2, 0.25) is 0 Å². The number of thiazole rings is 1. The van der Waals surface area contributed by atoms with Crippen LogP contribution in [0.25, 0.3) is 11.4 Å². The van der Waals surface area contributed by atoms with Gasteiger partial charge in [0, 0.05) is 30.5 Å². The maximum atomic E-state index is 12.3. The van der Waals surface area contributed by atoms with Crippen LogP contribution in [0.4, 0.5) is 4.79 Å². The minimum atomic E-state index is -0.357. The summed E-state index contributed by atoms with van der Waals surface area (Å²) in [7, 11) is 0. The molecule has 1 amide bonds. The summed E-state index contributed by atoms with van der Waals surface area (Å²) in [5, 5.41) is 6.36. The van der Waals surface area contributed by atoms with Crippen molar-refractivity contribution in [3.63, 3.8) is 0 Å². The highest BCUT2D eigenvalue weighted by atomic mass is 32.1. The topological polar surface area (TPSA) is 56.1 Å². The highest BCUT2D eigenvalue weighted by Gasteiger charge is 2.24. The Morgan fingerprint density at radius 1 is 1.16 bits per heavy atom. The van der Waals surface area contributed by atoms with Crippen molar-refractivity contribution in [2.24, 2.45) is 5.92 Å². The average molecular weight is 458 g/mol. The molecule has 4 rings (SSSR count). The van der Waals surface area contributed by atoms with E-state index in [1.54, 1.807) is 11.3 Å². The Kier molecular flexibility index (Phi) is 8.28. The Morgan fingerprint density at radius 3 is 2.59 bits per heavy atom. The molecule has 2 heterocycles. The van der Waals surface area contributed by atoms with Crippen LogP contribution >= 0.6 is 11.3 Å². The Balaban J connectivity index is 1.57. The number of hydrogen-bond acceptors (Lipinski definition) is 4. The minimum Gasteiger partial charge on any atom is -0.408 e. The van der Waals surface area contributed by atoms with E-state index in [4.69, 9.17) is 9.72 Å². The third-order valence-electron chi connectivity index (χ3n) is 7.23. The molecule has 6 heteroatoms. The van der Waals surface area contributed by atoms with Crippen LogP contribution in [0.5, 0.6) is 5.75 Å². The van der Waals surface area contributed by atoms with Crippen molar-refractivity contribution in [3.05, 3.63) is 22.1 Å². The number of carbonyl (C=O) groups excluding carboxylic acids is 1. The van der Waals surface area contributed by atoms with Crippen LogP contribution in [0, 0.1) is 12.8 Å². The number of rotatable bonds is 8. The summed E-state index contributed by atoms with van der Waals surface area (Å²) in [6.45, 7) is 5.83. The molecule has 5 nitrogen and oxygen atoms in total. The van der Waals surface area contributed by atoms with E-state index in [2.05, 4.69) is 29.1 Å². The van der Waals surface area contributed by atoms with Crippen molar-refractivity contribution in [3.8, 4) is 17.1 Å². The van der Waals surface area contributed by atoms with Crippen LogP contribution in [0.3, 0.4) is 0 Å². The summed E-state index contributed by atoms with van der Waals surface area (Å²) in [5.74, 6) is 1.97. The molecule has 0 atom stereocenters. The predicted molar refractivity (Wildman–Crippen MR) is 132 cm³/mol. The molecular formula is C26H39N3O2S. The van der Waals surface area contributed by atoms with Gasteiger partial charge in [0.1, 0.15) is 0 Å². The highest BCUT2D eigenvalue weighted by molar-refractivity contribution is 7.10. The molecule has 2 aliphatic carbocycles. The molecule has 0 unspecified atom stereocenters. The molecule has 1 N–H and O–H groups in total. The highest BCUT2D eigenvalue weighted by Crippen LogP contribution is 2.38. The van der Waals surface area contributed by atoms with Crippen molar-refractivity contribution < 1.29 is 9.53 Å². The molecule has 0 bridgehead atoms. The van der Waals surface area contributed by atoms with Gasteiger partial charge < -0.3 is 14.6 Å². The summed E-state index contributed by atoms with van der Waals surface area (Å²) in [5.41, 5.74) is 3.17. The lowest BCUT2D eigenvalue weighted by Gasteiger charge is -2.24. The first-order valence-electron chi connectivity index (χ1n) is 12.8. The zero-order chi connectivity index (χ0) is 22.3. The molecule has 2 saturated carbocycles. The number of unbranched alkanes of at least 4 members (excludes halogenated alkanes) is 1. The van der Waals surface area contributed by atoms with Gasteiger partial charge in [-0.15, -0.1) is 11.3 Å².